The quantitative estimate of drug-likeness (QED) is 0.625. The van der Waals surface area contributed by atoms with Gasteiger partial charge in [-0.2, -0.15) is 5.26 Å². The molecule has 0 amide bonds. The highest BCUT2D eigenvalue weighted by Crippen LogP contribution is 2.34. The molecule has 1 aliphatic rings. The minimum Gasteiger partial charge on any atom is -0.393 e. The van der Waals surface area contributed by atoms with Crippen LogP contribution in [0, 0.1) is 17.2 Å². The maximum Gasteiger partial charge on any atom is 0.134 e. The number of aliphatic hydroxyl groups is 1. The third kappa shape index (κ3) is 1.90. The standard InChI is InChI=1S/C8H12FNO/c9-8(6-11)3-1-7(5-10)2-4-8/h7,11H,1-4,6H2/t7-,8-. The van der Waals surface area contributed by atoms with Crippen LogP contribution in [0.15, 0.2) is 0 Å². The van der Waals surface area contributed by atoms with E-state index in [0.717, 1.165) is 0 Å². The number of halogens is 1. The molecule has 62 valence electrons. The fourth-order valence-electron chi connectivity index (χ4n) is 1.42. The smallest absolute Gasteiger partial charge is 0.134 e. The van der Waals surface area contributed by atoms with Crippen LogP contribution in [0.1, 0.15) is 25.7 Å². The monoisotopic (exact) mass is 157 g/mol. The molecule has 0 unspecified atom stereocenters. The Balaban J connectivity index is 2.42. The predicted octanol–water partition coefficient (Wildman–Crippen LogP) is 1.40. The highest BCUT2D eigenvalue weighted by molar-refractivity contribution is 4.93. The molecule has 1 rings (SSSR count). The summed E-state index contributed by atoms with van der Waals surface area (Å²) in [6.07, 6.45) is 1.85. The Bertz CT molecular complexity index is 167. The lowest BCUT2D eigenvalue weighted by molar-refractivity contribution is 0.0289. The molecular formula is C8H12FNO. The first-order chi connectivity index (χ1) is 5.20. The summed E-state index contributed by atoms with van der Waals surface area (Å²) in [4.78, 5) is 0. The number of alkyl halides is 1. The van der Waals surface area contributed by atoms with Crippen LogP contribution in [0.4, 0.5) is 4.39 Å². The highest BCUT2D eigenvalue weighted by Gasteiger charge is 2.34. The molecule has 0 aliphatic heterocycles. The van der Waals surface area contributed by atoms with Gasteiger partial charge in [0.05, 0.1) is 12.7 Å². The van der Waals surface area contributed by atoms with Crippen molar-refractivity contribution in [2.75, 3.05) is 6.61 Å². The molecule has 3 heteroatoms. The van der Waals surface area contributed by atoms with Crippen LogP contribution in [0.25, 0.3) is 0 Å². The van der Waals surface area contributed by atoms with Crippen LogP contribution in [0.5, 0.6) is 0 Å². The molecule has 0 saturated heterocycles. The van der Waals surface area contributed by atoms with Gasteiger partial charge in [0.1, 0.15) is 5.67 Å². The lowest BCUT2D eigenvalue weighted by Crippen LogP contribution is -2.32. The molecule has 11 heavy (non-hydrogen) atoms. The second-order valence-corrected chi connectivity index (χ2v) is 3.21. The van der Waals surface area contributed by atoms with Crippen molar-refractivity contribution in [3.8, 4) is 6.07 Å². The number of rotatable bonds is 1. The van der Waals surface area contributed by atoms with E-state index in [-0.39, 0.29) is 5.92 Å². The van der Waals surface area contributed by atoms with Gasteiger partial charge < -0.3 is 5.11 Å². The van der Waals surface area contributed by atoms with Gasteiger partial charge in [0.25, 0.3) is 0 Å². The molecule has 1 saturated carbocycles. The third-order valence-corrected chi connectivity index (χ3v) is 2.35. The number of aliphatic hydroxyl groups excluding tert-OH is 1. The Morgan fingerprint density at radius 2 is 2.09 bits per heavy atom. The highest BCUT2D eigenvalue weighted by atomic mass is 19.1. The molecule has 1 fully saturated rings. The van der Waals surface area contributed by atoms with Crippen molar-refractivity contribution in [2.24, 2.45) is 5.92 Å². The summed E-state index contributed by atoms with van der Waals surface area (Å²) in [7, 11) is 0. The van der Waals surface area contributed by atoms with Crippen molar-refractivity contribution in [2.45, 2.75) is 31.4 Å². The zero-order valence-corrected chi connectivity index (χ0v) is 6.39. The molecule has 0 bridgehead atoms. The van der Waals surface area contributed by atoms with E-state index in [4.69, 9.17) is 10.4 Å². The lowest BCUT2D eigenvalue weighted by Gasteiger charge is -2.29. The van der Waals surface area contributed by atoms with E-state index in [9.17, 15) is 4.39 Å². The first kappa shape index (κ1) is 8.48. The maximum atomic E-state index is 13.3. The summed E-state index contributed by atoms with van der Waals surface area (Å²) in [6.45, 7) is -0.398. The number of nitrogens with zero attached hydrogens (tertiary/aromatic N) is 1. The van der Waals surface area contributed by atoms with Gasteiger partial charge >= 0.3 is 0 Å². The molecule has 0 radical (unpaired) electrons. The van der Waals surface area contributed by atoms with Crippen molar-refractivity contribution >= 4 is 0 Å². The van der Waals surface area contributed by atoms with Crippen molar-refractivity contribution in [1.29, 1.82) is 5.26 Å². The number of hydrogen-bond acceptors (Lipinski definition) is 2. The normalized spacial score (nSPS) is 38.1. The van der Waals surface area contributed by atoms with Crippen LogP contribution in [-0.4, -0.2) is 17.4 Å². The second-order valence-electron chi connectivity index (χ2n) is 3.21. The van der Waals surface area contributed by atoms with Crippen LogP contribution >= 0.6 is 0 Å². The molecule has 1 N–H and O–H groups in total. The minimum absolute atomic E-state index is 0.00502. The van der Waals surface area contributed by atoms with E-state index in [2.05, 4.69) is 6.07 Å². The second kappa shape index (κ2) is 3.19. The zero-order chi connectivity index (χ0) is 8.32. The van der Waals surface area contributed by atoms with Gasteiger partial charge in [0.15, 0.2) is 0 Å². The average molecular weight is 157 g/mol. The molecular weight excluding hydrogens is 145 g/mol. The van der Waals surface area contributed by atoms with E-state index < -0.39 is 12.3 Å². The van der Waals surface area contributed by atoms with Crippen molar-refractivity contribution < 1.29 is 9.50 Å². The Morgan fingerprint density at radius 1 is 1.55 bits per heavy atom. The average Bonchev–Trinajstić information content (AvgIpc) is 2.06. The Kier molecular flexibility index (Phi) is 2.45. The Morgan fingerprint density at radius 3 is 2.45 bits per heavy atom. The summed E-state index contributed by atoms with van der Waals surface area (Å²) in [5.41, 5.74) is -1.40. The van der Waals surface area contributed by atoms with Gasteiger partial charge in [0, 0.05) is 5.92 Å². The fraction of sp³-hybridized carbons (Fsp3) is 0.875. The van der Waals surface area contributed by atoms with Crippen LogP contribution in [0.2, 0.25) is 0 Å². The fourth-order valence-corrected chi connectivity index (χ4v) is 1.42. The van der Waals surface area contributed by atoms with Gasteiger partial charge in [-0.3, -0.25) is 0 Å². The summed E-state index contributed by atoms with van der Waals surface area (Å²) in [5, 5.41) is 17.2. The van der Waals surface area contributed by atoms with Crippen LogP contribution in [-0.2, 0) is 0 Å². The molecule has 0 heterocycles. The Labute approximate surface area is 65.6 Å². The third-order valence-electron chi connectivity index (χ3n) is 2.35. The van der Waals surface area contributed by atoms with Crippen molar-refractivity contribution in [3.05, 3.63) is 0 Å². The number of nitriles is 1. The molecule has 0 aromatic heterocycles. The van der Waals surface area contributed by atoms with Gasteiger partial charge in [0.2, 0.25) is 0 Å². The van der Waals surface area contributed by atoms with Gasteiger partial charge in [-0.05, 0) is 25.7 Å². The molecule has 2 nitrogen and oxygen atoms in total. The summed E-state index contributed by atoms with van der Waals surface area (Å²) >= 11 is 0. The van der Waals surface area contributed by atoms with Crippen LogP contribution in [0.3, 0.4) is 0 Å². The van der Waals surface area contributed by atoms with E-state index in [1.807, 2.05) is 0 Å². The lowest BCUT2D eigenvalue weighted by atomic mass is 9.81. The largest absolute Gasteiger partial charge is 0.393 e. The maximum absolute atomic E-state index is 13.3. The summed E-state index contributed by atoms with van der Waals surface area (Å²) in [5.74, 6) is 0.00502. The van der Waals surface area contributed by atoms with Gasteiger partial charge in [-0.1, -0.05) is 0 Å². The van der Waals surface area contributed by atoms with Crippen molar-refractivity contribution in [1.82, 2.24) is 0 Å². The summed E-state index contributed by atoms with van der Waals surface area (Å²) < 4.78 is 13.3. The van der Waals surface area contributed by atoms with Crippen molar-refractivity contribution in [3.63, 3.8) is 0 Å². The zero-order valence-electron chi connectivity index (χ0n) is 6.39. The van der Waals surface area contributed by atoms with Gasteiger partial charge in [-0.25, -0.2) is 4.39 Å². The first-order valence-electron chi connectivity index (χ1n) is 3.89. The molecule has 0 aromatic rings. The molecule has 0 spiro atoms. The van der Waals surface area contributed by atoms with Crippen LogP contribution < -0.4 is 0 Å². The molecule has 1 aliphatic carbocycles. The molecule has 0 atom stereocenters. The molecule has 0 aromatic carbocycles. The Hall–Kier alpha value is -0.620. The minimum atomic E-state index is -1.40. The van der Waals surface area contributed by atoms with E-state index >= 15 is 0 Å². The topological polar surface area (TPSA) is 44.0 Å². The van der Waals surface area contributed by atoms with Gasteiger partial charge in [-0.15, -0.1) is 0 Å². The summed E-state index contributed by atoms with van der Waals surface area (Å²) in [6, 6.07) is 2.12. The van der Waals surface area contributed by atoms with E-state index in [1.165, 1.54) is 0 Å². The van der Waals surface area contributed by atoms with E-state index in [0.29, 0.717) is 25.7 Å². The predicted molar refractivity (Wildman–Crippen MR) is 38.5 cm³/mol. The first-order valence-corrected chi connectivity index (χ1v) is 3.89. The van der Waals surface area contributed by atoms with E-state index in [1.54, 1.807) is 0 Å². The SMILES string of the molecule is N#C[C@H]1CC[C@@](F)(CO)CC1. The number of hydrogen-bond donors (Lipinski definition) is 1.